The topological polar surface area (TPSA) is 55.1 Å². The predicted octanol–water partition coefficient (Wildman–Crippen LogP) is 2.83. The number of anilines is 1. The fourth-order valence-electron chi connectivity index (χ4n) is 2.03. The van der Waals surface area contributed by atoms with Gasteiger partial charge in [0.05, 0.1) is 0 Å². The Bertz CT molecular complexity index is 534. The first-order chi connectivity index (χ1) is 9.15. The lowest BCUT2D eigenvalue weighted by Crippen LogP contribution is -2.18. The first-order valence-corrected chi connectivity index (χ1v) is 6.35. The Morgan fingerprint density at radius 1 is 1.11 bits per heavy atom. The zero-order chi connectivity index (χ0) is 13.7. The number of carbonyl (C=O) groups is 1. The molecule has 2 rings (SSSR count). The second kappa shape index (κ2) is 6.05. The van der Waals surface area contributed by atoms with Crippen molar-refractivity contribution in [2.45, 2.75) is 19.4 Å². The van der Waals surface area contributed by atoms with Crippen LogP contribution in [0.4, 0.5) is 5.69 Å². The molecule has 0 saturated carbocycles. The number of nitrogens with two attached hydrogens (primary N) is 1. The Kier molecular flexibility index (Phi) is 4.18. The molecule has 0 aliphatic heterocycles. The largest absolute Gasteiger partial charge is 0.382 e. The van der Waals surface area contributed by atoms with E-state index in [0.29, 0.717) is 11.6 Å². The van der Waals surface area contributed by atoms with Gasteiger partial charge < -0.3 is 11.1 Å². The van der Waals surface area contributed by atoms with Crippen LogP contribution in [0.1, 0.15) is 22.8 Å². The summed E-state index contributed by atoms with van der Waals surface area (Å²) in [5.41, 5.74) is 8.03. The molecule has 0 fully saturated rings. The van der Waals surface area contributed by atoms with E-state index in [1.54, 1.807) is 12.1 Å². The Balaban J connectivity index is 1.95. The van der Waals surface area contributed by atoms with Crippen LogP contribution in [-0.4, -0.2) is 11.9 Å². The van der Waals surface area contributed by atoms with Crippen LogP contribution >= 0.6 is 0 Å². The van der Waals surface area contributed by atoms with Gasteiger partial charge in [-0.05, 0) is 43.2 Å². The quantitative estimate of drug-likeness (QED) is 0.862. The summed E-state index contributed by atoms with van der Waals surface area (Å²) in [5, 5.41) is 3.40. The van der Waals surface area contributed by atoms with Gasteiger partial charge >= 0.3 is 0 Å². The van der Waals surface area contributed by atoms with Crippen molar-refractivity contribution in [1.29, 1.82) is 0 Å². The highest BCUT2D eigenvalue weighted by atomic mass is 16.1. The van der Waals surface area contributed by atoms with Crippen molar-refractivity contribution in [1.82, 2.24) is 0 Å². The standard InChI is InChI=1S/C16H18N2O/c1-12(11-13-5-3-2-4-6-13)18-15-9-7-14(8-10-15)16(17)19/h2-10,12,18H,11H2,1H3,(H2,17,19). The van der Waals surface area contributed by atoms with Gasteiger partial charge in [0.1, 0.15) is 0 Å². The van der Waals surface area contributed by atoms with E-state index in [4.69, 9.17) is 5.73 Å². The molecular formula is C16H18N2O. The van der Waals surface area contributed by atoms with E-state index in [0.717, 1.165) is 12.1 Å². The van der Waals surface area contributed by atoms with Crippen molar-refractivity contribution < 1.29 is 4.79 Å². The molecule has 19 heavy (non-hydrogen) atoms. The zero-order valence-corrected chi connectivity index (χ0v) is 11.0. The molecule has 0 spiro atoms. The van der Waals surface area contributed by atoms with Gasteiger partial charge in [0.15, 0.2) is 0 Å². The molecule has 1 unspecified atom stereocenters. The van der Waals surface area contributed by atoms with Crippen LogP contribution in [-0.2, 0) is 6.42 Å². The number of benzene rings is 2. The van der Waals surface area contributed by atoms with Crippen molar-refractivity contribution in [3.63, 3.8) is 0 Å². The van der Waals surface area contributed by atoms with E-state index < -0.39 is 5.91 Å². The molecule has 3 N–H and O–H groups in total. The zero-order valence-electron chi connectivity index (χ0n) is 11.0. The maximum atomic E-state index is 11.0. The summed E-state index contributed by atoms with van der Waals surface area (Å²) in [7, 11) is 0. The number of hydrogen-bond donors (Lipinski definition) is 2. The summed E-state index contributed by atoms with van der Waals surface area (Å²) in [6.45, 7) is 2.13. The molecule has 2 aromatic carbocycles. The van der Waals surface area contributed by atoms with E-state index in [1.807, 2.05) is 30.3 Å². The van der Waals surface area contributed by atoms with Crippen LogP contribution in [0.25, 0.3) is 0 Å². The van der Waals surface area contributed by atoms with Crippen LogP contribution in [0.2, 0.25) is 0 Å². The minimum atomic E-state index is -0.399. The van der Waals surface area contributed by atoms with Gasteiger partial charge in [0.2, 0.25) is 5.91 Å². The van der Waals surface area contributed by atoms with Crippen molar-refractivity contribution in [3.8, 4) is 0 Å². The van der Waals surface area contributed by atoms with Gasteiger partial charge in [0.25, 0.3) is 0 Å². The lowest BCUT2D eigenvalue weighted by atomic mass is 10.1. The highest BCUT2D eigenvalue weighted by Crippen LogP contribution is 2.12. The number of hydrogen-bond acceptors (Lipinski definition) is 2. The minimum absolute atomic E-state index is 0.321. The van der Waals surface area contributed by atoms with Gasteiger partial charge in [-0.25, -0.2) is 0 Å². The van der Waals surface area contributed by atoms with E-state index in [2.05, 4.69) is 24.4 Å². The van der Waals surface area contributed by atoms with Gasteiger partial charge in [-0.15, -0.1) is 0 Å². The fraction of sp³-hybridized carbons (Fsp3) is 0.188. The lowest BCUT2D eigenvalue weighted by molar-refractivity contribution is 0.100. The van der Waals surface area contributed by atoms with Crippen LogP contribution in [0, 0.1) is 0 Å². The SMILES string of the molecule is CC(Cc1ccccc1)Nc1ccc(C(N)=O)cc1. The lowest BCUT2D eigenvalue weighted by Gasteiger charge is -2.15. The maximum absolute atomic E-state index is 11.0. The molecular weight excluding hydrogens is 236 g/mol. The minimum Gasteiger partial charge on any atom is -0.382 e. The first kappa shape index (κ1) is 13.1. The molecule has 98 valence electrons. The highest BCUT2D eigenvalue weighted by molar-refractivity contribution is 5.93. The number of carbonyl (C=O) groups excluding carboxylic acids is 1. The monoisotopic (exact) mass is 254 g/mol. The summed E-state index contributed by atoms with van der Waals surface area (Å²) in [6.07, 6.45) is 0.957. The molecule has 3 nitrogen and oxygen atoms in total. The molecule has 0 aliphatic rings. The summed E-state index contributed by atoms with van der Waals surface area (Å²) in [4.78, 5) is 11.0. The number of primary amides is 1. The first-order valence-electron chi connectivity index (χ1n) is 6.35. The fourth-order valence-corrected chi connectivity index (χ4v) is 2.03. The molecule has 0 aromatic heterocycles. The normalized spacial score (nSPS) is 11.8. The van der Waals surface area contributed by atoms with E-state index >= 15 is 0 Å². The van der Waals surface area contributed by atoms with E-state index in [1.165, 1.54) is 5.56 Å². The Morgan fingerprint density at radius 3 is 2.32 bits per heavy atom. The maximum Gasteiger partial charge on any atom is 0.248 e. The summed E-state index contributed by atoms with van der Waals surface area (Å²) in [5.74, 6) is -0.399. The van der Waals surface area contributed by atoms with Crippen molar-refractivity contribution in [2.24, 2.45) is 5.73 Å². The van der Waals surface area contributed by atoms with Crippen LogP contribution in [0.3, 0.4) is 0 Å². The number of nitrogens with one attached hydrogen (secondary N) is 1. The van der Waals surface area contributed by atoms with Crippen molar-refractivity contribution >= 4 is 11.6 Å². The molecule has 0 bridgehead atoms. The highest BCUT2D eigenvalue weighted by Gasteiger charge is 2.04. The van der Waals surface area contributed by atoms with Crippen molar-refractivity contribution in [3.05, 3.63) is 65.7 Å². The van der Waals surface area contributed by atoms with Gasteiger partial charge in [-0.2, -0.15) is 0 Å². The second-order valence-electron chi connectivity index (χ2n) is 4.68. The molecule has 3 heteroatoms. The molecule has 0 heterocycles. The number of rotatable bonds is 5. The van der Waals surface area contributed by atoms with Gasteiger partial charge in [-0.1, -0.05) is 30.3 Å². The third-order valence-corrected chi connectivity index (χ3v) is 2.97. The summed E-state index contributed by atoms with van der Waals surface area (Å²) < 4.78 is 0. The molecule has 1 amide bonds. The molecule has 2 aromatic rings. The van der Waals surface area contributed by atoms with Crippen LogP contribution < -0.4 is 11.1 Å². The summed E-state index contributed by atoms with van der Waals surface area (Å²) >= 11 is 0. The van der Waals surface area contributed by atoms with Crippen molar-refractivity contribution in [2.75, 3.05) is 5.32 Å². The molecule has 1 atom stereocenters. The van der Waals surface area contributed by atoms with E-state index in [9.17, 15) is 4.79 Å². The average Bonchev–Trinajstić information content (AvgIpc) is 2.40. The average molecular weight is 254 g/mol. The third kappa shape index (κ3) is 3.85. The Morgan fingerprint density at radius 2 is 1.74 bits per heavy atom. The molecule has 0 saturated heterocycles. The predicted molar refractivity (Wildman–Crippen MR) is 78.2 cm³/mol. The number of amides is 1. The molecule has 0 aliphatic carbocycles. The van der Waals surface area contributed by atoms with Crippen LogP contribution in [0.5, 0.6) is 0 Å². The molecule has 0 radical (unpaired) electrons. The van der Waals surface area contributed by atoms with E-state index in [-0.39, 0.29) is 0 Å². The van der Waals surface area contributed by atoms with Crippen LogP contribution in [0.15, 0.2) is 54.6 Å². The second-order valence-corrected chi connectivity index (χ2v) is 4.68. The van der Waals surface area contributed by atoms with Gasteiger partial charge in [-0.3, -0.25) is 4.79 Å². The Hall–Kier alpha value is -2.29. The smallest absolute Gasteiger partial charge is 0.248 e. The third-order valence-electron chi connectivity index (χ3n) is 2.97. The summed E-state index contributed by atoms with van der Waals surface area (Å²) in [6, 6.07) is 17.9. The van der Waals surface area contributed by atoms with Gasteiger partial charge in [0, 0.05) is 17.3 Å². The Labute approximate surface area is 113 Å².